The molecule has 0 fully saturated rings. The molecule has 2 aromatic carbocycles. The lowest BCUT2D eigenvalue weighted by molar-refractivity contribution is -0.196. The molecule has 0 amide bonds. The van der Waals surface area contributed by atoms with Crippen molar-refractivity contribution in [3.63, 3.8) is 0 Å². The van der Waals surface area contributed by atoms with Gasteiger partial charge in [-0.25, -0.2) is 13.7 Å². The van der Waals surface area contributed by atoms with Crippen LogP contribution in [-0.4, -0.2) is 23.7 Å². The molecule has 210 valence electrons. The van der Waals surface area contributed by atoms with Crippen molar-refractivity contribution in [1.82, 2.24) is 4.90 Å². The standard InChI is InChI=1S/C32H42ClF4N/c1-2-3-4-5-6-7-8-9-10-11-12-16-19-31(35)32(36,37)38-24-26(28-23-27(33)20-21-29(28)34)22-30(38)25-17-14-13-15-18-25/h13-15,17-18,20-23,30-31H,2-12,16,19,24H2,1H3. The Balaban J connectivity index is 1.52. The number of halogens is 5. The van der Waals surface area contributed by atoms with Gasteiger partial charge < -0.3 is 0 Å². The van der Waals surface area contributed by atoms with E-state index < -0.39 is 24.1 Å². The summed E-state index contributed by atoms with van der Waals surface area (Å²) in [6.07, 6.45) is 12.5. The molecule has 0 aliphatic carbocycles. The van der Waals surface area contributed by atoms with Gasteiger partial charge >= 0.3 is 6.05 Å². The van der Waals surface area contributed by atoms with Crippen LogP contribution < -0.4 is 0 Å². The molecule has 0 aromatic heterocycles. The highest BCUT2D eigenvalue weighted by molar-refractivity contribution is 6.30. The van der Waals surface area contributed by atoms with E-state index in [1.165, 1.54) is 63.1 Å². The number of benzene rings is 2. The van der Waals surface area contributed by atoms with Gasteiger partial charge in [-0.2, -0.15) is 8.78 Å². The average Bonchev–Trinajstić information content (AvgIpc) is 3.37. The Hall–Kier alpha value is -1.85. The van der Waals surface area contributed by atoms with Gasteiger partial charge in [-0.05, 0) is 35.8 Å². The highest BCUT2D eigenvalue weighted by Crippen LogP contribution is 2.44. The molecule has 0 N–H and O–H groups in total. The maximum atomic E-state index is 15.6. The predicted molar refractivity (Wildman–Crippen MR) is 151 cm³/mol. The lowest BCUT2D eigenvalue weighted by Crippen LogP contribution is -2.48. The van der Waals surface area contributed by atoms with E-state index in [0.29, 0.717) is 22.6 Å². The first-order valence-corrected chi connectivity index (χ1v) is 14.7. The lowest BCUT2D eigenvalue weighted by atomic mass is 10.0. The minimum Gasteiger partial charge on any atom is -0.239 e. The molecule has 0 bridgehead atoms. The molecular formula is C32H42ClF4N. The van der Waals surface area contributed by atoms with Crippen molar-refractivity contribution in [3.8, 4) is 0 Å². The molecule has 1 nitrogen and oxygen atoms in total. The molecule has 0 saturated carbocycles. The van der Waals surface area contributed by atoms with Crippen molar-refractivity contribution >= 4 is 17.2 Å². The molecule has 0 saturated heterocycles. The second-order valence-electron chi connectivity index (χ2n) is 10.5. The van der Waals surface area contributed by atoms with Gasteiger partial charge in [0.15, 0.2) is 6.17 Å². The molecule has 1 aliphatic heterocycles. The Morgan fingerprint density at radius 1 is 0.868 bits per heavy atom. The topological polar surface area (TPSA) is 3.24 Å². The van der Waals surface area contributed by atoms with Crippen LogP contribution in [0.25, 0.3) is 5.57 Å². The predicted octanol–water partition coefficient (Wildman–Crippen LogP) is 10.9. The van der Waals surface area contributed by atoms with Gasteiger partial charge in [0.25, 0.3) is 0 Å². The Kier molecular flexibility index (Phi) is 12.7. The molecule has 38 heavy (non-hydrogen) atoms. The fourth-order valence-corrected chi connectivity index (χ4v) is 5.44. The van der Waals surface area contributed by atoms with Crippen LogP contribution in [0.1, 0.15) is 108 Å². The smallest absolute Gasteiger partial charge is 0.239 e. The highest BCUT2D eigenvalue weighted by atomic mass is 35.5. The summed E-state index contributed by atoms with van der Waals surface area (Å²) >= 11 is 6.05. The summed E-state index contributed by atoms with van der Waals surface area (Å²) in [6.45, 7) is 1.96. The van der Waals surface area contributed by atoms with E-state index in [4.69, 9.17) is 11.6 Å². The number of hydrogen-bond donors (Lipinski definition) is 0. The summed E-state index contributed by atoms with van der Waals surface area (Å²) in [4.78, 5) is 0.864. The maximum absolute atomic E-state index is 15.6. The van der Waals surface area contributed by atoms with Crippen LogP contribution in [0.2, 0.25) is 5.02 Å². The van der Waals surface area contributed by atoms with E-state index in [1.807, 2.05) is 0 Å². The molecule has 1 heterocycles. The van der Waals surface area contributed by atoms with Gasteiger partial charge in [-0.15, -0.1) is 0 Å². The Morgan fingerprint density at radius 3 is 2.05 bits per heavy atom. The van der Waals surface area contributed by atoms with Crippen LogP contribution in [0.15, 0.2) is 54.6 Å². The quantitative estimate of drug-likeness (QED) is 0.107. The van der Waals surface area contributed by atoms with Crippen LogP contribution in [0.4, 0.5) is 17.6 Å². The van der Waals surface area contributed by atoms with Crippen molar-refractivity contribution in [2.45, 2.75) is 109 Å². The van der Waals surface area contributed by atoms with Gasteiger partial charge in [-0.3, -0.25) is 0 Å². The van der Waals surface area contributed by atoms with E-state index in [-0.39, 0.29) is 18.5 Å². The van der Waals surface area contributed by atoms with Crippen LogP contribution >= 0.6 is 11.6 Å². The SMILES string of the molecule is CCCCCCCCCCCCCCC(F)C(F)(F)N1CC(c2cc(Cl)ccc2F)=CC1c1ccccc1. The zero-order chi connectivity index (χ0) is 27.4. The summed E-state index contributed by atoms with van der Waals surface area (Å²) in [6, 6.07) is 8.32. The monoisotopic (exact) mass is 551 g/mol. The van der Waals surface area contributed by atoms with Gasteiger partial charge in [-0.1, -0.05) is 132 Å². The molecule has 6 heteroatoms. The molecule has 1 aliphatic rings. The summed E-state index contributed by atoms with van der Waals surface area (Å²) in [7, 11) is 0. The van der Waals surface area contributed by atoms with E-state index in [2.05, 4.69) is 6.92 Å². The van der Waals surface area contributed by atoms with Gasteiger partial charge in [0.2, 0.25) is 0 Å². The number of nitrogens with zero attached hydrogens (tertiary/aromatic N) is 1. The first kappa shape index (κ1) is 30.7. The van der Waals surface area contributed by atoms with Crippen molar-refractivity contribution in [2.75, 3.05) is 6.54 Å². The largest absolute Gasteiger partial charge is 0.336 e. The number of unbranched alkanes of at least 4 members (excludes halogenated alkanes) is 11. The number of rotatable bonds is 17. The second kappa shape index (κ2) is 15.7. The van der Waals surface area contributed by atoms with Crippen LogP contribution in [0.3, 0.4) is 0 Å². The number of alkyl halides is 3. The van der Waals surface area contributed by atoms with Crippen molar-refractivity contribution in [3.05, 3.63) is 76.6 Å². The minimum absolute atomic E-state index is 0.174. The molecule has 3 rings (SSSR count). The molecule has 0 spiro atoms. The Bertz CT molecular complexity index is 994. The zero-order valence-corrected chi connectivity index (χ0v) is 23.3. The zero-order valence-electron chi connectivity index (χ0n) is 22.6. The second-order valence-corrected chi connectivity index (χ2v) is 11.0. The van der Waals surface area contributed by atoms with Crippen LogP contribution in [-0.2, 0) is 0 Å². The Labute approximate surface area is 231 Å². The van der Waals surface area contributed by atoms with Crippen molar-refractivity contribution < 1.29 is 17.6 Å². The van der Waals surface area contributed by atoms with Gasteiger partial charge in [0, 0.05) is 17.1 Å². The highest BCUT2D eigenvalue weighted by Gasteiger charge is 2.50. The molecule has 0 radical (unpaired) electrons. The van der Waals surface area contributed by atoms with E-state index >= 15 is 13.2 Å². The first-order chi connectivity index (χ1) is 18.3. The fourth-order valence-electron chi connectivity index (χ4n) is 5.27. The third-order valence-electron chi connectivity index (χ3n) is 7.52. The molecule has 2 atom stereocenters. The van der Waals surface area contributed by atoms with E-state index in [1.54, 1.807) is 36.4 Å². The number of hydrogen-bond acceptors (Lipinski definition) is 1. The third kappa shape index (κ3) is 8.84. The molecular weight excluding hydrogens is 510 g/mol. The normalized spacial score (nSPS) is 17.1. The lowest BCUT2D eigenvalue weighted by Gasteiger charge is -2.35. The van der Waals surface area contributed by atoms with Gasteiger partial charge in [0.1, 0.15) is 5.82 Å². The summed E-state index contributed by atoms with van der Waals surface area (Å²) in [5, 5.41) is 0.319. The van der Waals surface area contributed by atoms with E-state index in [9.17, 15) is 4.39 Å². The fraction of sp³-hybridized carbons (Fsp3) is 0.562. The van der Waals surface area contributed by atoms with Gasteiger partial charge in [0.05, 0.1) is 6.04 Å². The minimum atomic E-state index is -3.69. The summed E-state index contributed by atoms with van der Waals surface area (Å²) in [5.41, 5.74) is 1.17. The maximum Gasteiger partial charge on any atom is 0.336 e. The van der Waals surface area contributed by atoms with Crippen molar-refractivity contribution in [1.29, 1.82) is 0 Å². The van der Waals surface area contributed by atoms with Crippen LogP contribution in [0, 0.1) is 5.82 Å². The average molecular weight is 552 g/mol. The summed E-state index contributed by atoms with van der Waals surface area (Å²) < 4.78 is 60.7. The first-order valence-electron chi connectivity index (χ1n) is 14.3. The molecule has 2 aromatic rings. The van der Waals surface area contributed by atoms with Crippen molar-refractivity contribution in [2.24, 2.45) is 0 Å². The third-order valence-corrected chi connectivity index (χ3v) is 7.76. The molecule has 2 unspecified atom stereocenters. The Morgan fingerprint density at radius 2 is 1.45 bits per heavy atom. The van der Waals surface area contributed by atoms with E-state index in [0.717, 1.165) is 30.6 Å². The summed E-state index contributed by atoms with van der Waals surface area (Å²) in [5.74, 6) is -0.536. The van der Waals surface area contributed by atoms with Crippen LogP contribution in [0.5, 0.6) is 0 Å².